The van der Waals surface area contributed by atoms with Gasteiger partial charge in [0, 0.05) is 25.7 Å². The number of rotatable bonds is 7. The molecule has 0 spiro atoms. The largest absolute Gasteiger partial charge is 0.348 e. The fraction of sp³-hybridized carbons (Fsp3) is 0.409. The van der Waals surface area contributed by atoms with Gasteiger partial charge in [-0.25, -0.2) is 8.42 Å². The molecular formula is C22H29N3O3S. The summed E-state index contributed by atoms with van der Waals surface area (Å²) in [6.45, 7) is 5.42. The lowest BCUT2D eigenvalue weighted by molar-refractivity contribution is 0.0950. The molecule has 0 aromatic heterocycles. The third-order valence-electron chi connectivity index (χ3n) is 5.46. The Morgan fingerprint density at radius 2 is 1.76 bits per heavy atom. The molecule has 0 saturated carbocycles. The molecule has 3 rings (SSSR count). The van der Waals surface area contributed by atoms with Gasteiger partial charge in [-0.15, -0.1) is 0 Å². The first kappa shape index (κ1) is 21.3. The molecule has 156 valence electrons. The maximum absolute atomic E-state index is 12.7. The van der Waals surface area contributed by atoms with Gasteiger partial charge in [-0.3, -0.25) is 14.0 Å². The fourth-order valence-electron chi connectivity index (χ4n) is 3.61. The molecule has 1 fully saturated rings. The van der Waals surface area contributed by atoms with E-state index in [2.05, 4.69) is 16.3 Å². The van der Waals surface area contributed by atoms with Crippen LogP contribution in [-0.4, -0.2) is 45.6 Å². The Labute approximate surface area is 173 Å². The van der Waals surface area contributed by atoms with Crippen molar-refractivity contribution in [3.05, 3.63) is 64.7 Å². The van der Waals surface area contributed by atoms with Crippen LogP contribution in [0.4, 0.5) is 5.69 Å². The van der Waals surface area contributed by atoms with Gasteiger partial charge in [0.25, 0.3) is 5.91 Å². The van der Waals surface area contributed by atoms with E-state index in [1.807, 2.05) is 25.1 Å². The van der Waals surface area contributed by atoms with Crippen molar-refractivity contribution in [1.29, 1.82) is 0 Å². The minimum atomic E-state index is -3.40. The molecule has 0 radical (unpaired) electrons. The molecule has 0 aliphatic carbocycles. The number of hydrogen-bond acceptors (Lipinski definition) is 4. The molecule has 1 heterocycles. The second-order valence-corrected chi connectivity index (χ2v) is 9.68. The molecule has 1 N–H and O–H groups in total. The quantitative estimate of drug-likeness (QED) is 0.755. The summed E-state index contributed by atoms with van der Waals surface area (Å²) in [5, 5.41) is 2.98. The molecule has 1 aliphatic heterocycles. The number of carbonyl (C=O) groups is 1. The number of hydrogen-bond donors (Lipinski definition) is 1. The van der Waals surface area contributed by atoms with Crippen LogP contribution in [0.5, 0.6) is 0 Å². The lowest BCUT2D eigenvalue weighted by Crippen LogP contribution is -2.27. The van der Waals surface area contributed by atoms with Gasteiger partial charge < -0.3 is 5.32 Å². The number of anilines is 1. The van der Waals surface area contributed by atoms with Gasteiger partial charge in [0.15, 0.2) is 0 Å². The van der Waals surface area contributed by atoms with Gasteiger partial charge in [-0.1, -0.05) is 30.3 Å². The summed E-state index contributed by atoms with van der Waals surface area (Å²) in [7, 11) is -1.90. The average molecular weight is 416 g/mol. The van der Waals surface area contributed by atoms with Crippen molar-refractivity contribution in [3.63, 3.8) is 0 Å². The molecule has 1 aliphatic rings. The van der Waals surface area contributed by atoms with Gasteiger partial charge in [0.1, 0.15) is 0 Å². The number of nitrogens with zero attached hydrogens (tertiary/aromatic N) is 2. The Balaban J connectivity index is 1.72. The zero-order valence-electron chi connectivity index (χ0n) is 17.3. The molecule has 29 heavy (non-hydrogen) atoms. The third kappa shape index (κ3) is 5.36. The molecule has 1 amide bonds. The standard InChI is InChI=1S/C22H29N3O3S/c1-17-10-11-18(14-21(17)24(2)29(3,27)28)22(26)23-15-19-8-4-5-9-20(19)16-25-12-6-7-13-25/h4-5,8-11,14H,6-7,12-13,15-16H2,1-3H3,(H,23,26). The molecule has 2 aromatic rings. The number of likely N-dealkylation sites (tertiary alicyclic amines) is 1. The van der Waals surface area contributed by atoms with Gasteiger partial charge in [0.2, 0.25) is 10.0 Å². The lowest BCUT2D eigenvalue weighted by Gasteiger charge is -2.20. The second-order valence-electron chi connectivity index (χ2n) is 7.67. The lowest BCUT2D eigenvalue weighted by atomic mass is 10.1. The molecule has 0 bridgehead atoms. The number of benzene rings is 2. The highest BCUT2D eigenvalue weighted by molar-refractivity contribution is 7.92. The van der Waals surface area contributed by atoms with Gasteiger partial charge >= 0.3 is 0 Å². The van der Waals surface area contributed by atoms with Crippen molar-refractivity contribution >= 4 is 21.6 Å². The summed E-state index contributed by atoms with van der Waals surface area (Å²) in [6, 6.07) is 13.3. The Morgan fingerprint density at radius 3 is 2.41 bits per heavy atom. The summed E-state index contributed by atoms with van der Waals surface area (Å²) >= 11 is 0. The van der Waals surface area contributed by atoms with Crippen LogP contribution in [-0.2, 0) is 23.1 Å². The summed E-state index contributed by atoms with van der Waals surface area (Å²) in [5.74, 6) is -0.218. The minimum absolute atomic E-state index is 0.218. The van der Waals surface area contributed by atoms with Crippen LogP contribution in [0.2, 0.25) is 0 Å². The van der Waals surface area contributed by atoms with Gasteiger partial charge in [0.05, 0.1) is 11.9 Å². The van der Waals surface area contributed by atoms with Gasteiger partial charge in [-0.05, 0) is 61.7 Å². The van der Waals surface area contributed by atoms with Crippen LogP contribution < -0.4 is 9.62 Å². The fourth-order valence-corrected chi connectivity index (χ4v) is 4.17. The van der Waals surface area contributed by atoms with Crippen molar-refractivity contribution in [2.75, 3.05) is 30.7 Å². The molecule has 0 atom stereocenters. The van der Waals surface area contributed by atoms with E-state index < -0.39 is 10.0 Å². The van der Waals surface area contributed by atoms with E-state index >= 15 is 0 Å². The van der Waals surface area contributed by atoms with E-state index in [4.69, 9.17) is 0 Å². The van der Waals surface area contributed by atoms with E-state index in [1.165, 1.54) is 29.8 Å². The Hall–Kier alpha value is -2.38. The predicted octanol–water partition coefficient (Wildman–Crippen LogP) is 2.92. The molecule has 0 unspecified atom stereocenters. The SMILES string of the molecule is Cc1ccc(C(=O)NCc2ccccc2CN2CCCC2)cc1N(C)S(C)(=O)=O. The maximum Gasteiger partial charge on any atom is 0.251 e. The van der Waals surface area contributed by atoms with E-state index in [1.54, 1.807) is 18.2 Å². The normalized spacial score (nSPS) is 14.7. The number of carbonyl (C=O) groups excluding carboxylic acids is 1. The number of amides is 1. The Morgan fingerprint density at radius 1 is 1.10 bits per heavy atom. The highest BCUT2D eigenvalue weighted by Gasteiger charge is 2.17. The molecular weight excluding hydrogens is 386 g/mol. The van der Waals surface area contributed by atoms with Crippen molar-refractivity contribution in [2.24, 2.45) is 0 Å². The monoisotopic (exact) mass is 415 g/mol. The topological polar surface area (TPSA) is 69.7 Å². The van der Waals surface area contributed by atoms with Crippen molar-refractivity contribution in [1.82, 2.24) is 10.2 Å². The van der Waals surface area contributed by atoms with Crippen molar-refractivity contribution < 1.29 is 13.2 Å². The van der Waals surface area contributed by atoms with Crippen LogP contribution in [0.1, 0.15) is 39.9 Å². The van der Waals surface area contributed by atoms with E-state index in [0.717, 1.165) is 37.0 Å². The first-order valence-electron chi connectivity index (χ1n) is 9.87. The van der Waals surface area contributed by atoms with Crippen LogP contribution >= 0.6 is 0 Å². The summed E-state index contributed by atoms with van der Waals surface area (Å²) < 4.78 is 25.0. The minimum Gasteiger partial charge on any atom is -0.348 e. The van der Waals surface area contributed by atoms with E-state index in [-0.39, 0.29) is 5.91 Å². The molecule has 2 aromatic carbocycles. The van der Waals surface area contributed by atoms with Crippen LogP contribution in [0.3, 0.4) is 0 Å². The zero-order valence-corrected chi connectivity index (χ0v) is 18.1. The van der Waals surface area contributed by atoms with Crippen LogP contribution in [0.15, 0.2) is 42.5 Å². The second kappa shape index (κ2) is 8.97. The average Bonchev–Trinajstić information content (AvgIpc) is 3.19. The predicted molar refractivity (Wildman–Crippen MR) is 117 cm³/mol. The van der Waals surface area contributed by atoms with Crippen LogP contribution in [0, 0.1) is 6.92 Å². The molecule has 6 nitrogen and oxygen atoms in total. The highest BCUT2D eigenvalue weighted by atomic mass is 32.2. The van der Waals surface area contributed by atoms with Crippen molar-refractivity contribution in [3.8, 4) is 0 Å². The first-order valence-corrected chi connectivity index (χ1v) is 11.7. The number of nitrogens with one attached hydrogen (secondary N) is 1. The Bertz CT molecular complexity index is 983. The molecule has 7 heteroatoms. The number of aryl methyl sites for hydroxylation is 1. The summed E-state index contributed by atoms with van der Waals surface area (Å²) in [6.07, 6.45) is 3.64. The Kier molecular flexibility index (Phi) is 6.59. The van der Waals surface area contributed by atoms with E-state index in [9.17, 15) is 13.2 Å². The highest BCUT2D eigenvalue weighted by Crippen LogP contribution is 2.23. The maximum atomic E-state index is 12.7. The van der Waals surface area contributed by atoms with Crippen LogP contribution in [0.25, 0.3) is 0 Å². The zero-order chi connectivity index (χ0) is 21.0. The molecule has 1 saturated heterocycles. The van der Waals surface area contributed by atoms with Crippen molar-refractivity contribution in [2.45, 2.75) is 32.9 Å². The smallest absolute Gasteiger partial charge is 0.251 e. The summed E-state index contributed by atoms with van der Waals surface area (Å²) in [4.78, 5) is 15.2. The first-order chi connectivity index (χ1) is 13.8. The summed E-state index contributed by atoms with van der Waals surface area (Å²) in [5.41, 5.74) is 4.09. The van der Waals surface area contributed by atoms with Gasteiger partial charge in [-0.2, -0.15) is 0 Å². The third-order valence-corrected chi connectivity index (χ3v) is 6.65. The van der Waals surface area contributed by atoms with E-state index in [0.29, 0.717) is 17.8 Å². The number of sulfonamides is 1.